The molecule has 158 valence electrons. The smallest absolute Gasteiger partial charge is 0.280 e. The fraction of sp³-hybridized carbons (Fsp3) is 0.304. The van der Waals surface area contributed by atoms with Gasteiger partial charge in [0.2, 0.25) is 0 Å². The van der Waals surface area contributed by atoms with E-state index in [1.54, 1.807) is 11.0 Å². The van der Waals surface area contributed by atoms with E-state index in [-0.39, 0.29) is 24.1 Å². The van der Waals surface area contributed by atoms with Crippen molar-refractivity contribution in [3.63, 3.8) is 0 Å². The first-order valence-corrected chi connectivity index (χ1v) is 10.5. The van der Waals surface area contributed by atoms with Crippen LogP contribution in [0.1, 0.15) is 29.8 Å². The van der Waals surface area contributed by atoms with Crippen molar-refractivity contribution in [2.75, 3.05) is 24.5 Å². The monoisotopic (exact) mass is 417 g/mol. The molecule has 0 radical (unpaired) electrons. The zero-order chi connectivity index (χ0) is 21.2. The Labute approximate surface area is 180 Å². The standard InChI is InChI=1S/C23H23N5O3/c29-22(18-15-24-28(25-18)17-9-3-1-4-10-17)27-16-21(23(30)26-13-7-2-8-14-26)31-20-12-6-5-11-19(20)27/h1,3-6,9-12,15,21H,2,7-8,13-14,16H2. The molecule has 0 aliphatic carbocycles. The van der Waals surface area contributed by atoms with Crippen molar-refractivity contribution in [3.8, 4) is 11.4 Å². The average Bonchev–Trinajstić information content (AvgIpc) is 3.34. The molecular weight excluding hydrogens is 394 g/mol. The molecule has 1 atom stereocenters. The molecule has 2 aliphatic rings. The molecule has 0 spiro atoms. The van der Waals surface area contributed by atoms with Gasteiger partial charge in [0.1, 0.15) is 5.75 Å². The van der Waals surface area contributed by atoms with Crippen LogP contribution in [0.15, 0.2) is 60.8 Å². The van der Waals surface area contributed by atoms with Crippen LogP contribution >= 0.6 is 0 Å². The van der Waals surface area contributed by atoms with E-state index < -0.39 is 6.10 Å². The van der Waals surface area contributed by atoms with E-state index in [9.17, 15) is 9.59 Å². The van der Waals surface area contributed by atoms with Crippen LogP contribution in [0, 0.1) is 0 Å². The molecule has 2 amide bonds. The number of anilines is 1. The third-order valence-corrected chi connectivity index (χ3v) is 5.66. The lowest BCUT2D eigenvalue weighted by atomic mass is 10.1. The number of carbonyl (C=O) groups is 2. The Balaban J connectivity index is 1.42. The van der Waals surface area contributed by atoms with Gasteiger partial charge in [0.15, 0.2) is 11.8 Å². The van der Waals surface area contributed by atoms with Gasteiger partial charge in [-0.15, -0.1) is 5.10 Å². The Morgan fingerprint density at radius 1 is 0.935 bits per heavy atom. The molecular formula is C23H23N5O3. The maximum Gasteiger partial charge on any atom is 0.280 e. The predicted octanol–water partition coefficient (Wildman–Crippen LogP) is 2.69. The first kappa shape index (κ1) is 19.3. The minimum atomic E-state index is -0.735. The molecule has 1 fully saturated rings. The van der Waals surface area contributed by atoms with Crippen molar-refractivity contribution in [2.24, 2.45) is 0 Å². The number of nitrogens with zero attached hydrogens (tertiary/aromatic N) is 5. The summed E-state index contributed by atoms with van der Waals surface area (Å²) in [6.07, 6.45) is 3.86. The number of likely N-dealkylation sites (tertiary alicyclic amines) is 1. The summed E-state index contributed by atoms with van der Waals surface area (Å²) in [4.78, 5) is 31.3. The Bertz CT molecular complexity index is 1090. The minimum Gasteiger partial charge on any atom is -0.476 e. The highest BCUT2D eigenvalue weighted by atomic mass is 16.5. The number of amides is 2. The van der Waals surface area contributed by atoms with Crippen molar-refractivity contribution in [3.05, 3.63) is 66.5 Å². The molecule has 3 aromatic rings. The van der Waals surface area contributed by atoms with E-state index in [1.807, 2.05) is 53.4 Å². The predicted molar refractivity (Wildman–Crippen MR) is 114 cm³/mol. The summed E-state index contributed by atoms with van der Waals surface area (Å²) < 4.78 is 6.01. The van der Waals surface area contributed by atoms with Crippen molar-refractivity contribution < 1.29 is 14.3 Å². The van der Waals surface area contributed by atoms with Gasteiger partial charge in [-0.2, -0.15) is 9.90 Å². The SMILES string of the molecule is O=C(C1CN(C(=O)c2cnn(-c3ccccc3)n2)c2ccccc2O1)N1CCCCC1. The molecule has 2 aliphatic heterocycles. The topological polar surface area (TPSA) is 80.6 Å². The summed E-state index contributed by atoms with van der Waals surface area (Å²) in [6.45, 7) is 1.61. The maximum atomic E-state index is 13.4. The lowest BCUT2D eigenvalue weighted by molar-refractivity contribution is -0.139. The lowest BCUT2D eigenvalue weighted by Gasteiger charge is -2.37. The van der Waals surface area contributed by atoms with Gasteiger partial charge in [0.25, 0.3) is 11.8 Å². The fourth-order valence-corrected chi connectivity index (χ4v) is 4.06. The zero-order valence-electron chi connectivity index (χ0n) is 17.1. The van der Waals surface area contributed by atoms with Gasteiger partial charge in [0.05, 0.1) is 24.1 Å². The molecule has 2 aromatic carbocycles. The number of benzene rings is 2. The molecule has 1 unspecified atom stereocenters. The first-order chi connectivity index (χ1) is 15.2. The van der Waals surface area contributed by atoms with E-state index >= 15 is 0 Å². The number of piperidine rings is 1. The second kappa shape index (κ2) is 8.22. The van der Waals surface area contributed by atoms with Crippen LogP contribution in [0.2, 0.25) is 0 Å². The van der Waals surface area contributed by atoms with Gasteiger partial charge in [-0.1, -0.05) is 30.3 Å². The molecule has 3 heterocycles. The number of rotatable bonds is 3. The molecule has 0 bridgehead atoms. The summed E-state index contributed by atoms with van der Waals surface area (Å²) >= 11 is 0. The number of hydrogen-bond acceptors (Lipinski definition) is 5. The molecule has 8 heteroatoms. The van der Waals surface area contributed by atoms with Gasteiger partial charge in [-0.25, -0.2) is 0 Å². The van der Waals surface area contributed by atoms with E-state index in [2.05, 4.69) is 10.2 Å². The first-order valence-electron chi connectivity index (χ1n) is 10.5. The molecule has 5 rings (SSSR count). The Morgan fingerprint density at radius 2 is 1.68 bits per heavy atom. The quantitative estimate of drug-likeness (QED) is 0.655. The van der Waals surface area contributed by atoms with Crippen LogP contribution in [0.5, 0.6) is 5.75 Å². The number of hydrogen-bond donors (Lipinski definition) is 0. The third-order valence-electron chi connectivity index (χ3n) is 5.66. The van der Waals surface area contributed by atoms with Gasteiger partial charge >= 0.3 is 0 Å². The molecule has 1 aromatic heterocycles. The largest absolute Gasteiger partial charge is 0.476 e. The fourth-order valence-electron chi connectivity index (χ4n) is 4.06. The van der Waals surface area contributed by atoms with Gasteiger partial charge in [-0.3, -0.25) is 14.5 Å². The lowest BCUT2D eigenvalue weighted by Crippen LogP contribution is -2.52. The Morgan fingerprint density at radius 3 is 2.48 bits per heavy atom. The van der Waals surface area contributed by atoms with Crippen molar-refractivity contribution in [1.82, 2.24) is 19.9 Å². The highest BCUT2D eigenvalue weighted by Gasteiger charge is 2.37. The number of ether oxygens (including phenoxy) is 1. The average molecular weight is 417 g/mol. The molecule has 1 saturated heterocycles. The highest BCUT2D eigenvalue weighted by molar-refractivity contribution is 6.06. The maximum absolute atomic E-state index is 13.4. The van der Waals surface area contributed by atoms with Crippen molar-refractivity contribution in [1.29, 1.82) is 0 Å². The Kier molecular flexibility index (Phi) is 5.11. The van der Waals surface area contributed by atoms with Gasteiger partial charge < -0.3 is 9.64 Å². The van der Waals surface area contributed by atoms with Crippen LogP contribution in [-0.2, 0) is 4.79 Å². The van der Waals surface area contributed by atoms with Crippen LogP contribution in [0.4, 0.5) is 5.69 Å². The molecule has 0 N–H and O–H groups in total. The summed E-state index contributed by atoms with van der Waals surface area (Å²) in [6, 6.07) is 16.7. The number of para-hydroxylation sites is 3. The number of fused-ring (bicyclic) bond motifs is 1. The molecule has 8 nitrogen and oxygen atoms in total. The van der Waals surface area contributed by atoms with E-state index in [0.717, 1.165) is 38.0 Å². The minimum absolute atomic E-state index is 0.0695. The van der Waals surface area contributed by atoms with Crippen molar-refractivity contribution >= 4 is 17.5 Å². The van der Waals surface area contributed by atoms with Crippen LogP contribution in [0.3, 0.4) is 0 Å². The zero-order valence-corrected chi connectivity index (χ0v) is 17.1. The van der Waals surface area contributed by atoms with E-state index in [0.29, 0.717) is 11.4 Å². The van der Waals surface area contributed by atoms with Crippen molar-refractivity contribution in [2.45, 2.75) is 25.4 Å². The number of carbonyl (C=O) groups excluding carboxylic acids is 2. The normalized spacial score (nSPS) is 18.3. The van der Waals surface area contributed by atoms with E-state index in [1.165, 1.54) is 11.0 Å². The highest BCUT2D eigenvalue weighted by Crippen LogP contribution is 2.34. The Hall–Kier alpha value is -3.68. The second-order valence-corrected chi connectivity index (χ2v) is 7.73. The van der Waals surface area contributed by atoms with Gasteiger partial charge in [-0.05, 0) is 43.5 Å². The van der Waals surface area contributed by atoms with Crippen LogP contribution < -0.4 is 9.64 Å². The van der Waals surface area contributed by atoms with Crippen LogP contribution in [-0.4, -0.2) is 57.4 Å². The molecule has 31 heavy (non-hydrogen) atoms. The molecule has 0 saturated carbocycles. The van der Waals surface area contributed by atoms with Crippen LogP contribution in [0.25, 0.3) is 5.69 Å². The summed E-state index contributed by atoms with van der Waals surface area (Å²) in [5, 5.41) is 8.60. The summed E-state index contributed by atoms with van der Waals surface area (Å²) in [7, 11) is 0. The van der Waals surface area contributed by atoms with Gasteiger partial charge in [0, 0.05) is 13.1 Å². The second-order valence-electron chi connectivity index (χ2n) is 7.73. The van der Waals surface area contributed by atoms with E-state index in [4.69, 9.17) is 4.74 Å². The third kappa shape index (κ3) is 3.76. The summed E-state index contributed by atoms with van der Waals surface area (Å²) in [5.74, 6) is 0.141. The number of aromatic nitrogens is 3. The summed E-state index contributed by atoms with van der Waals surface area (Å²) in [5.41, 5.74) is 1.61.